The Bertz CT molecular complexity index is 855. The molecule has 4 rings (SSSR count). The van der Waals surface area contributed by atoms with Gasteiger partial charge in [0.15, 0.2) is 0 Å². The smallest absolute Gasteiger partial charge is 0.201 e. The zero-order valence-corrected chi connectivity index (χ0v) is 18.4. The fourth-order valence-electron chi connectivity index (χ4n) is 5.17. The first kappa shape index (κ1) is 21.2. The highest BCUT2D eigenvalue weighted by Crippen LogP contribution is 2.40. The van der Waals surface area contributed by atoms with Gasteiger partial charge in [-0.25, -0.2) is 0 Å². The lowest BCUT2D eigenvalue weighted by molar-refractivity contribution is -0.104. The topological polar surface area (TPSA) is 45.7 Å². The predicted molar refractivity (Wildman–Crippen MR) is 118 cm³/mol. The van der Waals surface area contributed by atoms with E-state index < -0.39 is 5.54 Å². The number of aromatic nitrogens is 1. The van der Waals surface area contributed by atoms with Crippen LogP contribution in [0, 0.1) is 0 Å². The van der Waals surface area contributed by atoms with E-state index in [0.717, 1.165) is 32.5 Å². The van der Waals surface area contributed by atoms with Crippen molar-refractivity contribution >= 4 is 5.78 Å². The molecule has 5 nitrogen and oxygen atoms in total. The molecule has 2 saturated heterocycles. The second kappa shape index (κ2) is 8.58. The van der Waals surface area contributed by atoms with Crippen LogP contribution in [0.3, 0.4) is 0 Å². The molecule has 0 amide bonds. The van der Waals surface area contributed by atoms with Crippen LogP contribution in [0.2, 0.25) is 0 Å². The number of carbonyl (C=O) groups excluding carboxylic acids is 1. The first-order chi connectivity index (χ1) is 14.4. The molecular weight excluding hydrogens is 374 g/mol. The number of ether oxygens (including phenoxy) is 1. The Balaban J connectivity index is 1.55. The molecular formula is C25H33N3O2. The Morgan fingerprint density at radius 3 is 2.67 bits per heavy atom. The van der Waals surface area contributed by atoms with E-state index in [1.807, 2.05) is 18.2 Å². The van der Waals surface area contributed by atoms with E-state index in [1.165, 1.54) is 5.56 Å². The molecule has 0 aliphatic carbocycles. The number of rotatable bonds is 6. The van der Waals surface area contributed by atoms with Crippen LogP contribution in [-0.4, -0.2) is 64.5 Å². The van der Waals surface area contributed by atoms with Gasteiger partial charge < -0.3 is 4.74 Å². The minimum atomic E-state index is -0.543. The number of pyridine rings is 1. The van der Waals surface area contributed by atoms with Gasteiger partial charge in [-0.15, -0.1) is 0 Å². The van der Waals surface area contributed by atoms with E-state index in [9.17, 15) is 4.79 Å². The average Bonchev–Trinajstić information content (AvgIpc) is 3.25. The molecule has 0 spiro atoms. The van der Waals surface area contributed by atoms with Crippen LogP contribution in [-0.2, 0) is 11.3 Å². The van der Waals surface area contributed by atoms with Crippen LogP contribution < -0.4 is 0 Å². The van der Waals surface area contributed by atoms with Crippen LogP contribution in [0.1, 0.15) is 49.2 Å². The quantitative estimate of drug-likeness (QED) is 0.682. The van der Waals surface area contributed by atoms with E-state index in [2.05, 4.69) is 66.0 Å². The molecule has 5 heteroatoms. The fourth-order valence-corrected chi connectivity index (χ4v) is 5.17. The highest BCUT2D eigenvalue weighted by atomic mass is 16.5. The molecule has 1 aromatic heterocycles. The Hall–Kier alpha value is -2.08. The molecule has 0 bridgehead atoms. The van der Waals surface area contributed by atoms with Gasteiger partial charge in [-0.1, -0.05) is 36.4 Å². The average molecular weight is 408 g/mol. The van der Waals surface area contributed by atoms with Crippen molar-refractivity contribution in [2.24, 2.45) is 0 Å². The van der Waals surface area contributed by atoms with Gasteiger partial charge in [0.25, 0.3) is 0 Å². The summed E-state index contributed by atoms with van der Waals surface area (Å²) in [5.74, 6) is 0.144. The Morgan fingerprint density at radius 1 is 1.20 bits per heavy atom. The summed E-state index contributed by atoms with van der Waals surface area (Å²) in [5, 5.41) is 0. The number of likely N-dealkylation sites (tertiary alicyclic amines) is 1. The molecule has 30 heavy (non-hydrogen) atoms. The van der Waals surface area contributed by atoms with Crippen molar-refractivity contribution in [2.45, 2.75) is 56.8 Å². The number of carbonyl (C=O) groups is 1. The Labute approximate surface area is 180 Å². The van der Waals surface area contributed by atoms with Crippen molar-refractivity contribution in [1.29, 1.82) is 0 Å². The summed E-state index contributed by atoms with van der Waals surface area (Å²) < 4.78 is 6.01. The summed E-state index contributed by atoms with van der Waals surface area (Å²) in [7, 11) is 2.20. The van der Waals surface area contributed by atoms with E-state index in [0.29, 0.717) is 24.8 Å². The lowest BCUT2D eigenvalue weighted by atomic mass is 9.76. The summed E-state index contributed by atoms with van der Waals surface area (Å²) in [4.78, 5) is 23.1. The third-order valence-corrected chi connectivity index (χ3v) is 6.71. The number of hydrogen-bond donors (Lipinski definition) is 0. The lowest BCUT2D eigenvalue weighted by Gasteiger charge is -2.48. The SMILES string of the molecule is CN(Cc1ccccc1)C1CCN(C2(C(=O)c3ccccn3)CCOC(C)(C)C2)C1. The number of nitrogens with zero attached hydrogens (tertiary/aromatic N) is 3. The van der Waals surface area contributed by atoms with Crippen molar-refractivity contribution < 1.29 is 9.53 Å². The molecule has 3 heterocycles. The first-order valence-corrected chi connectivity index (χ1v) is 11.0. The van der Waals surface area contributed by atoms with Gasteiger partial charge in [-0.2, -0.15) is 0 Å². The third kappa shape index (κ3) is 4.34. The highest BCUT2D eigenvalue weighted by Gasteiger charge is 2.52. The molecule has 0 N–H and O–H groups in total. The lowest BCUT2D eigenvalue weighted by Crippen LogP contribution is -2.61. The molecule has 0 radical (unpaired) electrons. The van der Waals surface area contributed by atoms with Crippen LogP contribution in [0.5, 0.6) is 0 Å². The van der Waals surface area contributed by atoms with Gasteiger partial charge in [0.05, 0.1) is 11.1 Å². The maximum Gasteiger partial charge on any atom is 0.201 e. The minimum absolute atomic E-state index is 0.144. The zero-order chi connectivity index (χ0) is 21.2. The monoisotopic (exact) mass is 407 g/mol. The second-order valence-electron chi connectivity index (χ2n) is 9.40. The molecule has 2 aromatic rings. The van der Waals surface area contributed by atoms with Gasteiger partial charge in [0.1, 0.15) is 5.69 Å². The van der Waals surface area contributed by atoms with E-state index in [1.54, 1.807) is 6.20 Å². The minimum Gasteiger partial charge on any atom is -0.375 e. The van der Waals surface area contributed by atoms with Crippen molar-refractivity contribution in [3.8, 4) is 0 Å². The number of Topliss-reactive ketones (excluding diaryl/α,β-unsaturated/α-hetero) is 1. The molecule has 160 valence electrons. The molecule has 2 aliphatic heterocycles. The largest absolute Gasteiger partial charge is 0.375 e. The summed E-state index contributed by atoms with van der Waals surface area (Å²) >= 11 is 0. The standard InChI is InChI=1S/C25H33N3O2/c1-24(2)19-25(13-16-30-24,23(29)22-11-7-8-14-26-22)28-15-12-21(18-28)27(3)17-20-9-5-4-6-10-20/h4-11,14,21H,12-13,15-19H2,1-3H3. The van der Waals surface area contributed by atoms with Gasteiger partial charge in [0.2, 0.25) is 5.78 Å². The van der Waals surface area contributed by atoms with Crippen molar-refractivity contribution in [3.05, 3.63) is 66.0 Å². The predicted octanol–water partition coefficient (Wildman–Crippen LogP) is 3.80. The van der Waals surface area contributed by atoms with Crippen LogP contribution >= 0.6 is 0 Å². The third-order valence-electron chi connectivity index (χ3n) is 6.71. The van der Waals surface area contributed by atoms with Gasteiger partial charge in [0, 0.05) is 44.9 Å². The van der Waals surface area contributed by atoms with Crippen molar-refractivity contribution in [3.63, 3.8) is 0 Å². The second-order valence-corrected chi connectivity index (χ2v) is 9.40. The summed E-state index contributed by atoms with van der Waals surface area (Å²) in [6, 6.07) is 16.6. The van der Waals surface area contributed by atoms with Crippen LogP contribution in [0.15, 0.2) is 54.7 Å². The summed E-state index contributed by atoms with van der Waals surface area (Å²) in [6.07, 6.45) is 4.21. The number of ketones is 1. The molecule has 2 fully saturated rings. The number of hydrogen-bond acceptors (Lipinski definition) is 5. The van der Waals surface area contributed by atoms with Crippen molar-refractivity contribution in [2.75, 3.05) is 26.7 Å². The summed E-state index contributed by atoms with van der Waals surface area (Å²) in [5.41, 5.74) is 1.02. The van der Waals surface area contributed by atoms with Gasteiger partial charge in [-0.05, 0) is 51.4 Å². The van der Waals surface area contributed by atoms with Crippen molar-refractivity contribution in [1.82, 2.24) is 14.8 Å². The maximum absolute atomic E-state index is 13.8. The Kier molecular flexibility index (Phi) is 6.05. The number of benzene rings is 1. The molecule has 2 unspecified atom stereocenters. The van der Waals surface area contributed by atoms with E-state index in [4.69, 9.17) is 4.74 Å². The maximum atomic E-state index is 13.8. The molecule has 1 aromatic carbocycles. The molecule has 2 atom stereocenters. The van der Waals surface area contributed by atoms with Crippen LogP contribution in [0.25, 0.3) is 0 Å². The van der Waals surface area contributed by atoms with Crippen LogP contribution in [0.4, 0.5) is 0 Å². The first-order valence-electron chi connectivity index (χ1n) is 11.0. The van der Waals surface area contributed by atoms with E-state index >= 15 is 0 Å². The molecule has 0 saturated carbocycles. The Morgan fingerprint density at radius 2 is 1.97 bits per heavy atom. The summed E-state index contributed by atoms with van der Waals surface area (Å²) in [6.45, 7) is 7.56. The molecule has 2 aliphatic rings. The normalized spacial score (nSPS) is 26.7. The highest BCUT2D eigenvalue weighted by molar-refractivity contribution is 6.02. The van der Waals surface area contributed by atoms with E-state index in [-0.39, 0.29) is 11.4 Å². The van der Waals surface area contributed by atoms with Gasteiger partial charge in [-0.3, -0.25) is 19.6 Å². The number of likely N-dealkylation sites (N-methyl/N-ethyl adjacent to an activating group) is 1. The van der Waals surface area contributed by atoms with Gasteiger partial charge >= 0.3 is 0 Å². The zero-order valence-electron chi connectivity index (χ0n) is 18.4. The fraction of sp³-hybridized carbons (Fsp3) is 0.520.